The standard InChI is InChI=1S/C13H22N2O/c1-3-12(4-2)15-9-10-16-13-7-5-11(14)6-8-13/h5-8,12,15H,3-4,9-10,14H2,1-2H3. The van der Waals surface area contributed by atoms with Crippen molar-refractivity contribution >= 4 is 5.69 Å². The first-order chi connectivity index (χ1) is 7.76. The Bertz CT molecular complexity index is 280. The highest BCUT2D eigenvalue weighted by molar-refractivity contribution is 5.41. The van der Waals surface area contributed by atoms with Crippen LogP contribution >= 0.6 is 0 Å². The van der Waals surface area contributed by atoms with Crippen LogP contribution in [0.25, 0.3) is 0 Å². The van der Waals surface area contributed by atoms with Gasteiger partial charge in [-0.15, -0.1) is 0 Å². The summed E-state index contributed by atoms with van der Waals surface area (Å²) in [7, 11) is 0. The van der Waals surface area contributed by atoms with Crippen molar-refractivity contribution in [2.45, 2.75) is 32.7 Å². The molecule has 1 aromatic carbocycles. The zero-order chi connectivity index (χ0) is 11.8. The van der Waals surface area contributed by atoms with Crippen molar-refractivity contribution in [1.82, 2.24) is 5.32 Å². The molecular weight excluding hydrogens is 200 g/mol. The van der Waals surface area contributed by atoms with Gasteiger partial charge >= 0.3 is 0 Å². The smallest absolute Gasteiger partial charge is 0.119 e. The van der Waals surface area contributed by atoms with Gasteiger partial charge in [0.05, 0.1) is 0 Å². The van der Waals surface area contributed by atoms with Crippen LogP contribution in [0.2, 0.25) is 0 Å². The number of nitrogens with one attached hydrogen (secondary N) is 1. The Morgan fingerprint density at radius 3 is 2.38 bits per heavy atom. The first kappa shape index (κ1) is 12.8. The summed E-state index contributed by atoms with van der Waals surface area (Å²) in [6, 6.07) is 8.10. The number of hydrogen-bond donors (Lipinski definition) is 2. The van der Waals surface area contributed by atoms with Gasteiger partial charge in [0.1, 0.15) is 12.4 Å². The number of anilines is 1. The molecule has 0 atom stereocenters. The van der Waals surface area contributed by atoms with Gasteiger partial charge in [0.15, 0.2) is 0 Å². The van der Waals surface area contributed by atoms with E-state index < -0.39 is 0 Å². The summed E-state index contributed by atoms with van der Waals surface area (Å²) in [6.07, 6.45) is 2.33. The first-order valence-corrected chi connectivity index (χ1v) is 5.98. The zero-order valence-electron chi connectivity index (χ0n) is 10.2. The van der Waals surface area contributed by atoms with E-state index in [1.54, 1.807) is 0 Å². The molecule has 1 aromatic rings. The van der Waals surface area contributed by atoms with Gasteiger partial charge in [-0.2, -0.15) is 0 Å². The number of hydrogen-bond acceptors (Lipinski definition) is 3. The quantitative estimate of drug-likeness (QED) is 0.550. The second-order valence-electron chi connectivity index (χ2n) is 3.89. The molecular formula is C13H22N2O. The third-order valence-corrected chi connectivity index (χ3v) is 2.67. The van der Waals surface area contributed by atoms with Crippen LogP contribution in [0.5, 0.6) is 5.75 Å². The van der Waals surface area contributed by atoms with Crippen LogP contribution in [-0.4, -0.2) is 19.2 Å². The molecule has 3 N–H and O–H groups in total. The van der Waals surface area contributed by atoms with Gasteiger partial charge in [-0.05, 0) is 37.1 Å². The summed E-state index contributed by atoms with van der Waals surface area (Å²) in [4.78, 5) is 0. The molecule has 0 heterocycles. The first-order valence-electron chi connectivity index (χ1n) is 5.98. The normalized spacial score (nSPS) is 10.7. The fourth-order valence-corrected chi connectivity index (χ4v) is 1.57. The van der Waals surface area contributed by atoms with Crippen LogP contribution in [-0.2, 0) is 0 Å². The highest BCUT2D eigenvalue weighted by atomic mass is 16.5. The van der Waals surface area contributed by atoms with Gasteiger partial charge < -0.3 is 15.8 Å². The van der Waals surface area contributed by atoms with Crippen LogP contribution < -0.4 is 15.8 Å². The predicted molar refractivity (Wildman–Crippen MR) is 68.7 cm³/mol. The summed E-state index contributed by atoms with van der Waals surface area (Å²) in [5.41, 5.74) is 6.36. The maximum Gasteiger partial charge on any atom is 0.119 e. The molecule has 0 aliphatic heterocycles. The average Bonchev–Trinajstić information content (AvgIpc) is 2.32. The van der Waals surface area contributed by atoms with E-state index in [1.807, 2.05) is 24.3 Å². The summed E-state index contributed by atoms with van der Waals surface area (Å²) < 4.78 is 5.58. The molecule has 3 nitrogen and oxygen atoms in total. The Labute approximate surface area is 98.0 Å². The van der Waals surface area contributed by atoms with E-state index in [9.17, 15) is 0 Å². The molecule has 0 amide bonds. The molecule has 90 valence electrons. The van der Waals surface area contributed by atoms with Gasteiger partial charge in [0.2, 0.25) is 0 Å². The summed E-state index contributed by atoms with van der Waals surface area (Å²) in [6.45, 7) is 5.97. The number of nitrogen functional groups attached to an aromatic ring is 1. The van der Waals surface area contributed by atoms with Crippen LogP contribution in [0.4, 0.5) is 5.69 Å². The number of benzene rings is 1. The predicted octanol–water partition coefficient (Wildman–Crippen LogP) is 2.43. The van der Waals surface area contributed by atoms with Crippen molar-refractivity contribution in [2.75, 3.05) is 18.9 Å². The molecule has 1 rings (SSSR count). The maximum absolute atomic E-state index is 5.59. The second-order valence-corrected chi connectivity index (χ2v) is 3.89. The van der Waals surface area contributed by atoms with Crippen molar-refractivity contribution in [3.8, 4) is 5.75 Å². The lowest BCUT2D eigenvalue weighted by atomic mass is 10.2. The van der Waals surface area contributed by atoms with Crippen LogP contribution in [0.1, 0.15) is 26.7 Å². The SMILES string of the molecule is CCC(CC)NCCOc1ccc(N)cc1. The number of nitrogens with two attached hydrogens (primary N) is 1. The molecule has 0 spiro atoms. The minimum absolute atomic E-state index is 0.606. The molecule has 0 bridgehead atoms. The van der Waals surface area contributed by atoms with Crippen LogP contribution in [0.3, 0.4) is 0 Å². The molecule has 0 aromatic heterocycles. The monoisotopic (exact) mass is 222 g/mol. The van der Waals surface area contributed by atoms with E-state index in [1.165, 1.54) is 12.8 Å². The number of rotatable bonds is 7. The average molecular weight is 222 g/mol. The third kappa shape index (κ3) is 4.53. The minimum atomic E-state index is 0.606. The fourth-order valence-electron chi connectivity index (χ4n) is 1.57. The molecule has 0 saturated carbocycles. The molecule has 16 heavy (non-hydrogen) atoms. The van der Waals surface area contributed by atoms with Gasteiger partial charge in [0, 0.05) is 18.3 Å². The van der Waals surface area contributed by atoms with E-state index in [0.29, 0.717) is 12.6 Å². The van der Waals surface area contributed by atoms with Crippen LogP contribution in [0, 0.1) is 0 Å². The van der Waals surface area contributed by atoms with E-state index >= 15 is 0 Å². The Hall–Kier alpha value is -1.22. The lowest BCUT2D eigenvalue weighted by molar-refractivity contribution is 0.302. The Morgan fingerprint density at radius 2 is 1.81 bits per heavy atom. The largest absolute Gasteiger partial charge is 0.492 e. The van der Waals surface area contributed by atoms with Gasteiger partial charge in [-0.3, -0.25) is 0 Å². The van der Waals surface area contributed by atoms with Crippen molar-refractivity contribution in [3.63, 3.8) is 0 Å². The summed E-state index contributed by atoms with van der Waals surface area (Å²) in [5.74, 6) is 0.876. The van der Waals surface area contributed by atoms with E-state index in [4.69, 9.17) is 10.5 Å². The Morgan fingerprint density at radius 1 is 1.19 bits per heavy atom. The minimum Gasteiger partial charge on any atom is -0.492 e. The molecule has 3 heteroatoms. The topological polar surface area (TPSA) is 47.3 Å². The highest BCUT2D eigenvalue weighted by Crippen LogP contribution is 2.12. The van der Waals surface area contributed by atoms with E-state index in [0.717, 1.165) is 18.0 Å². The summed E-state index contributed by atoms with van der Waals surface area (Å²) >= 11 is 0. The zero-order valence-corrected chi connectivity index (χ0v) is 10.2. The molecule has 0 aliphatic carbocycles. The fraction of sp³-hybridized carbons (Fsp3) is 0.538. The number of ether oxygens (including phenoxy) is 1. The van der Waals surface area contributed by atoms with E-state index in [-0.39, 0.29) is 0 Å². The molecule has 0 aliphatic rings. The molecule has 0 saturated heterocycles. The second kappa shape index (κ2) is 7.12. The Kier molecular flexibility index (Phi) is 5.72. The molecule has 0 unspecified atom stereocenters. The molecule has 0 radical (unpaired) electrons. The van der Waals surface area contributed by atoms with Crippen molar-refractivity contribution in [1.29, 1.82) is 0 Å². The van der Waals surface area contributed by atoms with Crippen molar-refractivity contribution in [3.05, 3.63) is 24.3 Å². The van der Waals surface area contributed by atoms with Gasteiger partial charge in [-0.25, -0.2) is 0 Å². The van der Waals surface area contributed by atoms with Gasteiger partial charge in [-0.1, -0.05) is 13.8 Å². The highest BCUT2D eigenvalue weighted by Gasteiger charge is 2.01. The van der Waals surface area contributed by atoms with E-state index in [2.05, 4.69) is 19.2 Å². The third-order valence-electron chi connectivity index (χ3n) is 2.67. The van der Waals surface area contributed by atoms with Crippen molar-refractivity contribution in [2.24, 2.45) is 0 Å². The maximum atomic E-state index is 5.59. The lowest BCUT2D eigenvalue weighted by Crippen LogP contribution is -2.31. The van der Waals surface area contributed by atoms with Crippen molar-refractivity contribution < 1.29 is 4.74 Å². The van der Waals surface area contributed by atoms with Gasteiger partial charge in [0.25, 0.3) is 0 Å². The molecule has 0 fully saturated rings. The summed E-state index contributed by atoms with van der Waals surface area (Å²) in [5, 5.41) is 3.45. The van der Waals surface area contributed by atoms with Crippen LogP contribution in [0.15, 0.2) is 24.3 Å². The Balaban J connectivity index is 2.18. The lowest BCUT2D eigenvalue weighted by Gasteiger charge is -2.14.